The molecule has 1 aromatic carbocycles. The number of nitrogens with zero attached hydrogens (tertiary/aromatic N) is 1. The lowest BCUT2D eigenvalue weighted by molar-refractivity contribution is -0.116. The van der Waals surface area contributed by atoms with E-state index in [4.69, 9.17) is 4.42 Å². The molecule has 3 aromatic rings. The van der Waals surface area contributed by atoms with E-state index in [0.717, 1.165) is 35.3 Å². The number of halogens is 2. The molecule has 0 spiro atoms. The summed E-state index contributed by atoms with van der Waals surface area (Å²) in [5.41, 5.74) is 0.352. The molecule has 0 aliphatic carbocycles. The predicted octanol–water partition coefficient (Wildman–Crippen LogP) is 4.25. The zero-order valence-corrected chi connectivity index (χ0v) is 12.7. The first-order valence-corrected chi connectivity index (χ1v) is 7.73. The highest BCUT2D eigenvalue weighted by molar-refractivity contribution is 7.14. The van der Waals surface area contributed by atoms with E-state index in [1.165, 1.54) is 0 Å². The molecule has 0 unspecified atom stereocenters. The smallest absolute Gasteiger partial charge is 0.226 e. The highest BCUT2D eigenvalue weighted by Gasteiger charge is 2.12. The lowest BCUT2D eigenvalue weighted by Crippen LogP contribution is -2.11. The molecule has 0 bridgehead atoms. The molecule has 1 N–H and O–H groups in total. The summed E-state index contributed by atoms with van der Waals surface area (Å²) in [6, 6.07) is 6.72. The lowest BCUT2D eigenvalue weighted by Gasteiger charge is -2.01. The van der Waals surface area contributed by atoms with Crippen LogP contribution in [0, 0.1) is 11.6 Å². The highest BCUT2D eigenvalue weighted by Crippen LogP contribution is 2.27. The summed E-state index contributed by atoms with van der Waals surface area (Å²) in [5, 5.41) is 4.55. The molecule has 3 rings (SSSR count). The van der Waals surface area contributed by atoms with Gasteiger partial charge in [0, 0.05) is 23.8 Å². The molecule has 7 heteroatoms. The van der Waals surface area contributed by atoms with Crippen molar-refractivity contribution in [1.29, 1.82) is 0 Å². The number of aryl methyl sites for hydroxylation is 1. The number of aromatic nitrogens is 1. The molecule has 0 aliphatic heterocycles. The lowest BCUT2D eigenvalue weighted by atomic mass is 10.1. The summed E-state index contributed by atoms with van der Waals surface area (Å²) in [6.07, 6.45) is 2.28. The molecule has 0 aliphatic rings. The van der Waals surface area contributed by atoms with Crippen molar-refractivity contribution < 1.29 is 18.0 Å². The van der Waals surface area contributed by atoms with Crippen molar-refractivity contribution in [2.45, 2.75) is 12.8 Å². The molecule has 0 atom stereocenters. The fourth-order valence-electron chi connectivity index (χ4n) is 2.02. The van der Waals surface area contributed by atoms with Crippen LogP contribution in [0.4, 0.5) is 13.9 Å². The van der Waals surface area contributed by atoms with Gasteiger partial charge in [-0.15, -0.1) is 11.3 Å². The number of carbonyl (C=O) groups is 1. The maximum atomic E-state index is 13.7. The number of carbonyl (C=O) groups excluding carboxylic acids is 1. The van der Waals surface area contributed by atoms with Crippen LogP contribution >= 0.6 is 11.3 Å². The Morgan fingerprint density at radius 2 is 2.17 bits per heavy atom. The second-order valence-electron chi connectivity index (χ2n) is 4.79. The van der Waals surface area contributed by atoms with Crippen LogP contribution in [-0.2, 0) is 11.2 Å². The van der Waals surface area contributed by atoms with E-state index in [1.54, 1.807) is 23.8 Å². The number of furan rings is 1. The van der Waals surface area contributed by atoms with Crippen molar-refractivity contribution in [2.75, 3.05) is 5.32 Å². The minimum atomic E-state index is -0.563. The van der Waals surface area contributed by atoms with Gasteiger partial charge >= 0.3 is 0 Å². The fraction of sp³-hybridized carbons (Fsp3) is 0.125. The Morgan fingerprint density at radius 3 is 2.96 bits per heavy atom. The van der Waals surface area contributed by atoms with Crippen LogP contribution in [0.1, 0.15) is 12.2 Å². The van der Waals surface area contributed by atoms with Gasteiger partial charge in [-0.2, -0.15) is 0 Å². The SMILES string of the molecule is O=C(CCc1ccco1)Nc1nc(-c2cc(F)ccc2F)cs1. The van der Waals surface area contributed by atoms with Gasteiger partial charge < -0.3 is 9.73 Å². The minimum absolute atomic E-state index is 0.0670. The van der Waals surface area contributed by atoms with E-state index < -0.39 is 11.6 Å². The number of amides is 1. The standard InChI is InChI=1S/C16H12F2N2O2S/c17-10-3-5-13(18)12(8-10)14-9-23-16(19-14)20-15(21)6-4-11-2-1-7-22-11/h1-3,5,7-9H,4,6H2,(H,19,20,21). The van der Waals surface area contributed by atoms with Crippen molar-refractivity contribution in [1.82, 2.24) is 4.98 Å². The van der Waals surface area contributed by atoms with Crippen molar-refractivity contribution in [3.8, 4) is 11.3 Å². The first-order valence-electron chi connectivity index (χ1n) is 6.85. The number of rotatable bonds is 5. The maximum Gasteiger partial charge on any atom is 0.226 e. The summed E-state index contributed by atoms with van der Waals surface area (Å²) in [7, 11) is 0. The molecule has 4 nitrogen and oxygen atoms in total. The zero-order chi connectivity index (χ0) is 16.2. The van der Waals surface area contributed by atoms with E-state index in [0.29, 0.717) is 11.6 Å². The summed E-state index contributed by atoms with van der Waals surface area (Å²) in [5.74, 6) is -0.602. The van der Waals surface area contributed by atoms with Gasteiger partial charge in [0.1, 0.15) is 17.4 Å². The number of benzene rings is 1. The number of hydrogen-bond donors (Lipinski definition) is 1. The Balaban J connectivity index is 1.65. The Hall–Kier alpha value is -2.54. The van der Waals surface area contributed by atoms with Crippen LogP contribution in [-0.4, -0.2) is 10.9 Å². The molecule has 0 saturated heterocycles. The Bertz CT molecular complexity index is 815. The van der Waals surface area contributed by atoms with Crippen molar-refractivity contribution in [3.63, 3.8) is 0 Å². The first kappa shape index (κ1) is 15.4. The van der Waals surface area contributed by atoms with Crippen LogP contribution in [0.15, 0.2) is 46.4 Å². The van der Waals surface area contributed by atoms with Gasteiger partial charge in [0.2, 0.25) is 5.91 Å². The molecule has 0 radical (unpaired) electrons. The van der Waals surface area contributed by atoms with Crippen LogP contribution in [0.5, 0.6) is 0 Å². The average Bonchev–Trinajstić information content (AvgIpc) is 3.19. The quantitative estimate of drug-likeness (QED) is 0.759. The summed E-state index contributed by atoms with van der Waals surface area (Å²) < 4.78 is 32.1. The third kappa shape index (κ3) is 3.81. The van der Waals surface area contributed by atoms with Crippen LogP contribution < -0.4 is 5.32 Å². The van der Waals surface area contributed by atoms with Gasteiger partial charge in [0.15, 0.2) is 5.13 Å². The largest absolute Gasteiger partial charge is 0.469 e. The number of thiazole rings is 1. The fourth-order valence-corrected chi connectivity index (χ4v) is 2.75. The number of hydrogen-bond acceptors (Lipinski definition) is 4. The van der Waals surface area contributed by atoms with Crippen LogP contribution in [0.3, 0.4) is 0 Å². The molecule has 2 aromatic heterocycles. The van der Waals surface area contributed by atoms with Crippen molar-refractivity contribution in [2.24, 2.45) is 0 Å². The number of nitrogens with one attached hydrogen (secondary N) is 1. The summed E-state index contributed by atoms with van der Waals surface area (Å²) in [6.45, 7) is 0. The Kier molecular flexibility index (Phi) is 4.47. The molecule has 118 valence electrons. The molecular weight excluding hydrogens is 322 g/mol. The van der Waals surface area contributed by atoms with E-state index in [2.05, 4.69) is 10.3 Å². The highest BCUT2D eigenvalue weighted by atomic mass is 32.1. The molecule has 23 heavy (non-hydrogen) atoms. The van der Waals surface area contributed by atoms with E-state index in [1.807, 2.05) is 0 Å². The monoisotopic (exact) mass is 334 g/mol. The zero-order valence-electron chi connectivity index (χ0n) is 11.9. The van der Waals surface area contributed by atoms with Gasteiger partial charge in [-0.05, 0) is 30.3 Å². The Labute approximate surface area is 134 Å². The van der Waals surface area contributed by atoms with E-state index in [9.17, 15) is 13.6 Å². The summed E-state index contributed by atoms with van der Waals surface area (Å²) >= 11 is 1.15. The van der Waals surface area contributed by atoms with E-state index >= 15 is 0 Å². The van der Waals surface area contributed by atoms with Gasteiger partial charge in [0.05, 0.1) is 12.0 Å². The second kappa shape index (κ2) is 6.70. The molecule has 0 saturated carbocycles. The summed E-state index contributed by atoms with van der Waals surface area (Å²) in [4.78, 5) is 16.0. The topological polar surface area (TPSA) is 55.1 Å². The normalized spacial score (nSPS) is 10.7. The predicted molar refractivity (Wildman–Crippen MR) is 83.1 cm³/mol. The van der Waals surface area contributed by atoms with E-state index in [-0.39, 0.29) is 23.6 Å². The molecule has 1 amide bonds. The third-order valence-electron chi connectivity index (χ3n) is 3.13. The first-order chi connectivity index (χ1) is 11.1. The van der Waals surface area contributed by atoms with Gasteiger partial charge in [-0.3, -0.25) is 4.79 Å². The van der Waals surface area contributed by atoms with Crippen LogP contribution in [0.25, 0.3) is 11.3 Å². The van der Waals surface area contributed by atoms with Crippen molar-refractivity contribution >= 4 is 22.4 Å². The van der Waals surface area contributed by atoms with Gasteiger partial charge in [-0.25, -0.2) is 13.8 Å². The average molecular weight is 334 g/mol. The second-order valence-corrected chi connectivity index (χ2v) is 5.65. The van der Waals surface area contributed by atoms with Gasteiger partial charge in [0.25, 0.3) is 0 Å². The Morgan fingerprint density at radius 1 is 1.30 bits per heavy atom. The molecule has 2 heterocycles. The minimum Gasteiger partial charge on any atom is -0.469 e. The molecule has 0 fully saturated rings. The van der Waals surface area contributed by atoms with Gasteiger partial charge in [-0.1, -0.05) is 0 Å². The van der Waals surface area contributed by atoms with Crippen molar-refractivity contribution in [3.05, 3.63) is 59.4 Å². The number of anilines is 1. The third-order valence-corrected chi connectivity index (χ3v) is 3.89. The van der Waals surface area contributed by atoms with Crippen LogP contribution in [0.2, 0.25) is 0 Å². The maximum absolute atomic E-state index is 13.7. The molecular formula is C16H12F2N2O2S.